The van der Waals surface area contributed by atoms with Crippen LogP contribution in [0.15, 0.2) is 0 Å². The van der Waals surface area contributed by atoms with Gasteiger partial charge in [0.05, 0.1) is 4.11 Å². The van der Waals surface area contributed by atoms with E-state index in [-0.39, 0.29) is 0 Å². The molecule has 0 aliphatic rings. The Kier molecular flexibility index (Phi) is 1.74. The summed E-state index contributed by atoms with van der Waals surface area (Å²) in [4.78, 5) is 23.3. The number of ether oxygens (including phenoxy) is 2. The number of nitrogens with one attached hydrogen (secondary N) is 1. The third-order valence-electron chi connectivity index (χ3n) is 1.44. The number of alkyl carbamates (subject to hydrolysis) is 1. The molecule has 1 atom stereocenters. The second kappa shape index (κ2) is 7.79. The number of hydrogen-bond acceptors (Lipinski definition) is 4. The minimum absolute atomic E-state index is 0.508. The lowest BCUT2D eigenvalue weighted by molar-refractivity contribution is 0.0333. The lowest BCUT2D eigenvalue weighted by atomic mass is 9.87. The molecule has 0 radical (unpaired) electrons. The maximum atomic E-state index is 12.3. The lowest BCUT2D eigenvalue weighted by Gasteiger charge is -2.27. The van der Waals surface area contributed by atoms with Crippen molar-refractivity contribution in [2.45, 2.75) is 46.2 Å². The van der Waals surface area contributed by atoms with Gasteiger partial charge >= 0.3 is 12.2 Å². The van der Waals surface area contributed by atoms with E-state index in [1.807, 2.05) is 0 Å². The van der Waals surface area contributed by atoms with E-state index < -0.39 is 70.1 Å². The van der Waals surface area contributed by atoms with Gasteiger partial charge in [0, 0.05) is 29.3 Å². The van der Waals surface area contributed by atoms with Gasteiger partial charge < -0.3 is 20.5 Å². The van der Waals surface area contributed by atoms with Crippen molar-refractivity contribution in [3.63, 3.8) is 0 Å². The first-order chi connectivity index (χ1) is 14.5. The predicted octanol–water partition coefficient (Wildman–Crippen LogP) is 2.02. The number of carbonyl (C=O) groups is 2. The van der Waals surface area contributed by atoms with Crippen LogP contribution in [0.4, 0.5) is 9.59 Å². The Hall–Kier alpha value is -1.46. The maximum absolute atomic E-state index is 12.3. The lowest BCUT2D eigenvalue weighted by Crippen LogP contribution is -2.37. The summed E-state index contributed by atoms with van der Waals surface area (Å²) in [7, 11) is 0. The summed E-state index contributed by atoms with van der Waals surface area (Å²) >= 11 is 0. The van der Waals surface area contributed by atoms with Gasteiger partial charge in [-0.25, -0.2) is 9.59 Å². The van der Waals surface area contributed by atoms with Gasteiger partial charge in [0.15, 0.2) is 0 Å². The zero-order valence-corrected chi connectivity index (χ0v) is 9.42. The third-order valence-corrected chi connectivity index (χ3v) is 1.44. The van der Waals surface area contributed by atoms with Gasteiger partial charge in [-0.2, -0.15) is 0 Å². The molecule has 0 rings (SSSR count). The van der Waals surface area contributed by atoms with Crippen LogP contribution in [0.5, 0.6) is 0 Å². The quantitative estimate of drug-likeness (QED) is 0.744. The van der Waals surface area contributed by atoms with Gasteiger partial charge in [-0.15, -0.1) is 0 Å². The molecule has 0 aromatic heterocycles. The van der Waals surface area contributed by atoms with E-state index in [1.165, 1.54) is 5.32 Å². The average molecular weight is 276 g/mol. The number of hydrogen-bond donors (Lipinski definition) is 2. The van der Waals surface area contributed by atoms with Crippen molar-refractivity contribution < 1.29 is 41.0 Å². The van der Waals surface area contributed by atoms with Crippen molar-refractivity contribution in [2.24, 2.45) is 11.1 Å². The highest BCUT2D eigenvalue weighted by Crippen LogP contribution is 2.24. The molecular weight excluding hydrogens is 236 g/mol. The fourth-order valence-electron chi connectivity index (χ4n) is 0.731. The van der Waals surface area contributed by atoms with Crippen LogP contribution >= 0.6 is 0 Å². The van der Waals surface area contributed by atoms with Crippen molar-refractivity contribution in [3.8, 4) is 0 Å². The van der Waals surface area contributed by atoms with Crippen LogP contribution in [0.25, 0.3) is 0 Å². The Morgan fingerprint density at radius 3 is 2.83 bits per heavy atom. The molecule has 0 aromatic rings. The number of primary amides is 1. The normalized spacial score (nSPS) is 32.1. The Morgan fingerprint density at radius 1 is 1.56 bits per heavy atom. The van der Waals surface area contributed by atoms with Gasteiger partial charge in [0.2, 0.25) is 0 Å². The number of carbonyl (C=O) groups excluding carboxylic acids is 2. The number of rotatable bonds is 7. The van der Waals surface area contributed by atoms with Crippen molar-refractivity contribution in [1.29, 1.82) is 0 Å². The first-order valence-corrected chi connectivity index (χ1v) is 4.45. The Morgan fingerprint density at radius 2 is 2.28 bits per heavy atom. The number of amides is 2. The zero-order chi connectivity index (χ0) is 28.0. The summed E-state index contributed by atoms with van der Waals surface area (Å²) in [5.41, 5.74) is 1.59. The standard InChI is InChI=1S/C12H24N2O4/c1-5-6-12(4,7-17-10(13)15)8-18-11(16)14-9(2)3/h9H,5-8H2,1-4H3,(H2,13,15)(H,14,16)/i1D3,2D3,3D3,5D2,6D2,8D2,9D. The van der Waals surface area contributed by atoms with Crippen LogP contribution < -0.4 is 11.1 Å². The summed E-state index contributed by atoms with van der Waals surface area (Å²) in [6, 6.07) is -3.72. The van der Waals surface area contributed by atoms with Gasteiger partial charge in [0.1, 0.15) is 13.2 Å². The van der Waals surface area contributed by atoms with E-state index in [0.29, 0.717) is 6.92 Å². The molecule has 6 heteroatoms. The Balaban J connectivity index is 6.54. The largest absolute Gasteiger partial charge is 0.449 e. The Labute approximate surface area is 131 Å². The average Bonchev–Trinajstić information content (AvgIpc) is 2.55. The Bertz CT molecular complexity index is 759. The molecule has 2 amide bonds. The summed E-state index contributed by atoms with van der Waals surface area (Å²) in [5, 5.41) is 1.17. The second-order valence-electron chi connectivity index (χ2n) is 3.18. The maximum Gasteiger partial charge on any atom is 0.407 e. The molecule has 6 nitrogen and oxygen atoms in total. The highest BCUT2D eigenvalue weighted by Gasteiger charge is 2.27. The molecule has 0 fully saturated rings. The van der Waals surface area contributed by atoms with Crippen LogP contribution in [0, 0.1) is 5.41 Å². The fourth-order valence-corrected chi connectivity index (χ4v) is 0.731. The van der Waals surface area contributed by atoms with Crippen LogP contribution in [-0.4, -0.2) is 31.4 Å². The molecule has 0 aliphatic carbocycles. The van der Waals surface area contributed by atoms with Crippen LogP contribution in [-0.2, 0) is 9.47 Å². The van der Waals surface area contributed by atoms with E-state index in [0.717, 1.165) is 0 Å². The summed E-state index contributed by atoms with van der Waals surface area (Å²) in [6.45, 7) is -15.9. The van der Waals surface area contributed by atoms with Crippen molar-refractivity contribution in [1.82, 2.24) is 5.32 Å². The first-order valence-electron chi connectivity index (χ1n) is 12.5. The molecular formula is C12H24N2O4. The van der Waals surface area contributed by atoms with Crippen LogP contribution in [0.1, 0.15) is 62.2 Å². The fraction of sp³-hybridized carbons (Fsp3) is 0.833. The molecule has 106 valence electrons. The monoisotopic (exact) mass is 276 g/mol. The minimum atomic E-state index is -3.86. The molecule has 0 aromatic carbocycles. The highest BCUT2D eigenvalue weighted by molar-refractivity contribution is 5.67. The van der Waals surface area contributed by atoms with Gasteiger partial charge in [0.25, 0.3) is 0 Å². The van der Waals surface area contributed by atoms with E-state index in [1.54, 1.807) is 0 Å². The summed E-state index contributed by atoms with van der Waals surface area (Å²) < 4.78 is 129. The molecule has 0 heterocycles. The van der Waals surface area contributed by atoms with Crippen molar-refractivity contribution >= 4 is 12.2 Å². The molecule has 0 saturated carbocycles. The van der Waals surface area contributed by atoms with Gasteiger partial charge in [-0.3, -0.25) is 0 Å². The molecule has 0 aliphatic heterocycles. The van der Waals surface area contributed by atoms with E-state index >= 15 is 0 Å². The van der Waals surface area contributed by atoms with Gasteiger partial charge in [-0.05, 0) is 20.1 Å². The van der Waals surface area contributed by atoms with E-state index in [4.69, 9.17) is 27.7 Å². The molecule has 0 saturated heterocycles. The number of nitrogens with two attached hydrogens (primary N) is 1. The van der Waals surface area contributed by atoms with E-state index in [2.05, 4.69) is 9.47 Å². The molecule has 18 heavy (non-hydrogen) atoms. The molecule has 3 N–H and O–H groups in total. The van der Waals surface area contributed by atoms with Gasteiger partial charge in [-0.1, -0.05) is 20.1 Å². The molecule has 0 bridgehead atoms. The first kappa shape index (κ1) is 4.02. The summed E-state index contributed by atoms with van der Waals surface area (Å²) in [6.07, 6.45) is -11.5. The molecule has 0 spiro atoms. The third kappa shape index (κ3) is 7.76. The topological polar surface area (TPSA) is 90.7 Å². The van der Waals surface area contributed by atoms with Crippen molar-refractivity contribution in [2.75, 3.05) is 13.2 Å². The smallest absolute Gasteiger partial charge is 0.407 e. The SMILES string of the molecule is [2H]C([2H])([2H])C([2H])([2H])C([2H])([2H])C(C)(COC(N)=O)C([2H])([2H])OC(=O)NC([2H])(C([2H])([2H])[2H])C([2H])([2H])[2H]. The second-order valence-corrected chi connectivity index (χ2v) is 3.18. The molecule has 1 unspecified atom stereocenters. The van der Waals surface area contributed by atoms with E-state index in [9.17, 15) is 9.59 Å². The zero-order valence-electron chi connectivity index (χ0n) is 25.4. The highest BCUT2D eigenvalue weighted by atomic mass is 16.6. The predicted molar refractivity (Wildman–Crippen MR) is 68.2 cm³/mol. The summed E-state index contributed by atoms with van der Waals surface area (Å²) in [5.74, 6) is 0. The minimum Gasteiger partial charge on any atom is -0.449 e. The van der Waals surface area contributed by atoms with Crippen LogP contribution in [0.3, 0.4) is 0 Å². The van der Waals surface area contributed by atoms with Crippen LogP contribution in [0.2, 0.25) is 0 Å². The van der Waals surface area contributed by atoms with Crippen molar-refractivity contribution in [3.05, 3.63) is 0 Å².